The van der Waals surface area contributed by atoms with Crippen molar-refractivity contribution in [1.29, 1.82) is 0 Å². The van der Waals surface area contributed by atoms with Crippen molar-refractivity contribution in [3.8, 4) is 0 Å². The first-order valence-corrected chi connectivity index (χ1v) is 20.6. The molecule has 3 fully saturated rings. The van der Waals surface area contributed by atoms with Crippen LogP contribution in [0.1, 0.15) is 96.3 Å². The Morgan fingerprint density at radius 2 is 0.756 bits per heavy atom. The van der Waals surface area contributed by atoms with E-state index in [4.69, 9.17) is 8.18 Å². The number of hydrogen-bond acceptors (Lipinski definition) is 3. The van der Waals surface area contributed by atoms with Gasteiger partial charge in [0, 0.05) is 0 Å². The van der Waals surface area contributed by atoms with E-state index in [0.717, 1.165) is 57.8 Å². The minimum atomic E-state index is -6.60. The van der Waals surface area contributed by atoms with Crippen LogP contribution in [0.25, 0.3) is 0 Å². The van der Waals surface area contributed by atoms with E-state index in [1.165, 1.54) is 0 Å². The van der Waals surface area contributed by atoms with E-state index in [0.29, 0.717) is 38.5 Å². The van der Waals surface area contributed by atoms with Crippen molar-refractivity contribution in [2.45, 2.75) is 144 Å². The van der Waals surface area contributed by atoms with Gasteiger partial charge in [0.05, 0.1) is 0 Å². The molecule has 0 aromatic carbocycles. The third kappa shape index (κ3) is 8.08. The second-order valence-electron chi connectivity index (χ2n) is 11.8. The van der Waals surface area contributed by atoms with Crippen molar-refractivity contribution in [2.24, 2.45) is 0 Å². The molecule has 45 heavy (non-hydrogen) atoms. The number of carboxylic acids is 1. The first-order valence-electron chi connectivity index (χ1n) is 14.5. The number of aliphatic carboxylic acids is 1. The van der Waals surface area contributed by atoms with Crippen LogP contribution >= 0.6 is 0 Å². The van der Waals surface area contributed by atoms with Crippen molar-refractivity contribution >= 4 is 30.7 Å². The van der Waals surface area contributed by atoms with Crippen molar-refractivity contribution in [3.05, 3.63) is 0 Å². The third-order valence-corrected chi connectivity index (χ3v) is 26.4. The first kappa shape index (κ1) is 39.9. The quantitative estimate of drug-likeness (QED) is 0.196. The molecule has 0 unspecified atom stereocenters. The Hall–Kier alpha value is -1.24. The summed E-state index contributed by atoms with van der Waals surface area (Å²) < 4.78 is 180. The monoisotopic (exact) mass is 796 g/mol. The van der Waals surface area contributed by atoms with E-state index in [-0.39, 0.29) is 11.8 Å². The maximum atomic E-state index is 14.4. The molecule has 3 aliphatic carbocycles. The molecule has 3 aliphatic rings. The summed E-state index contributed by atoms with van der Waals surface area (Å²) in [5.74, 6) is -31.3. The summed E-state index contributed by atoms with van der Waals surface area (Å²) in [4.78, 5) is 22.0. The van der Waals surface area contributed by atoms with Gasteiger partial charge in [-0.2, -0.15) is 30.7 Å². The number of rotatable bonds is 8. The topological polar surface area (TPSA) is 63.6 Å². The SMILES string of the molecule is O=C(O)C(F)(F)C(F)(F)C(F)(F)F.O=C([O][Sn]([CH]1CCCCC1)([CH]1CCCCC1)[CH]1CCCCC1)C(F)(F)C(F)(F)C(F)(F)F. The molecule has 0 aliphatic heterocycles. The van der Waals surface area contributed by atoms with E-state index in [1.807, 2.05) is 0 Å². The van der Waals surface area contributed by atoms with Gasteiger partial charge >= 0.3 is 213 Å². The molecule has 264 valence electrons. The van der Waals surface area contributed by atoms with Gasteiger partial charge in [0.25, 0.3) is 0 Å². The maximum absolute atomic E-state index is 14.4. The fraction of sp³-hybridized carbons (Fsp3) is 0.923. The van der Waals surface area contributed by atoms with Gasteiger partial charge in [0.1, 0.15) is 0 Å². The minimum absolute atomic E-state index is 0.0801. The summed E-state index contributed by atoms with van der Waals surface area (Å²) in [6.07, 6.45) is -0.832. The van der Waals surface area contributed by atoms with Crippen LogP contribution in [0.3, 0.4) is 0 Å². The van der Waals surface area contributed by atoms with Gasteiger partial charge in [-0.1, -0.05) is 0 Å². The summed E-state index contributed by atoms with van der Waals surface area (Å²) in [6.45, 7) is 0. The summed E-state index contributed by atoms with van der Waals surface area (Å²) in [7, 11) is 0. The van der Waals surface area contributed by atoms with Crippen LogP contribution in [0.4, 0.5) is 61.5 Å². The summed E-state index contributed by atoms with van der Waals surface area (Å²) >= 11 is -4.48. The Labute approximate surface area is 254 Å². The molecular weight excluding hydrogens is 761 g/mol. The molecule has 0 saturated heterocycles. The Morgan fingerprint density at radius 1 is 0.489 bits per heavy atom. The van der Waals surface area contributed by atoms with Crippen LogP contribution < -0.4 is 0 Å². The van der Waals surface area contributed by atoms with Gasteiger partial charge in [-0.15, -0.1) is 0 Å². The van der Waals surface area contributed by atoms with Gasteiger partial charge in [0.2, 0.25) is 0 Å². The van der Waals surface area contributed by atoms with E-state index in [9.17, 15) is 71.1 Å². The second-order valence-corrected chi connectivity index (χ2v) is 24.3. The average Bonchev–Trinajstić information content (AvgIpc) is 2.96. The van der Waals surface area contributed by atoms with E-state index >= 15 is 0 Å². The zero-order valence-electron chi connectivity index (χ0n) is 23.8. The number of alkyl halides is 14. The molecule has 4 nitrogen and oxygen atoms in total. The fourth-order valence-corrected chi connectivity index (χ4v) is 26.4. The predicted molar refractivity (Wildman–Crippen MR) is 132 cm³/mol. The predicted octanol–water partition coefficient (Wildman–Crippen LogP) is 10.2. The van der Waals surface area contributed by atoms with Gasteiger partial charge in [-0.25, -0.2) is 4.79 Å². The van der Waals surface area contributed by atoms with Gasteiger partial charge in [-0.05, 0) is 0 Å². The number of hydrogen-bond donors (Lipinski definition) is 1. The number of carbonyl (C=O) groups excluding carboxylic acids is 1. The van der Waals surface area contributed by atoms with Gasteiger partial charge < -0.3 is 5.11 Å². The van der Waals surface area contributed by atoms with Crippen LogP contribution in [-0.4, -0.2) is 71.9 Å². The van der Waals surface area contributed by atoms with Crippen LogP contribution in [0.15, 0.2) is 0 Å². The molecule has 3 rings (SSSR count). The molecule has 19 heteroatoms. The Balaban J connectivity index is 0.000000459. The third-order valence-electron chi connectivity index (χ3n) is 9.02. The van der Waals surface area contributed by atoms with E-state index in [2.05, 4.69) is 0 Å². The molecule has 0 aromatic rings. The van der Waals surface area contributed by atoms with Crippen molar-refractivity contribution in [2.75, 3.05) is 0 Å². The standard InChI is InChI=1S/3C6H11.2C4HF7O2.Sn/c3*1-2-4-6-5-3-1;2*5-2(6,1(12)13)3(7,8)4(9,10)11;/h3*1H,2-6H2;2*(H,12,13);/q;;;;;+1/p-1. The zero-order chi connectivity index (χ0) is 34.7. The zero-order valence-corrected chi connectivity index (χ0v) is 26.7. The van der Waals surface area contributed by atoms with Crippen LogP contribution in [-0.2, 0) is 12.7 Å². The number of carbonyl (C=O) groups is 2. The van der Waals surface area contributed by atoms with Crippen LogP contribution in [0, 0.1) is 0 Å². The average molecular weight is 795 g/mol. The molecule has 0 atom stereocenters. The molecule has 0 radical (unpaired) electrons. The summed E-state index contributed by atoms with van der Waals surface area (Å²) in [6, 6.07) is 0. The molecule has 0 bridgehead atoms. The normalized spacial score (nSPS) is 21.1. The Bertz CT molecular complexity index is 951. The van der Waals surface area contributed by atoms with Crippen molar-refractivity contribution in [3.63, 3.8) is 0 Å². The van der Waals surface area contributed by atoms with Crippen LogP contribution in [0.5, 0.6) is 0 Å². The number of halogens is 14. The van der Waals surface area contributed by atoms with E-state index < -0.39 is 66.8 Å². The van der Waals surface area contributed by atoms with Gasteiger partial charge in [-0.3, -0.25) is 0 Å². The molecule has 0 amide bonds. The Morgan fingerprint density at radius 3 is 0.978 bits per heavy atom. The van der Waals surface area contributed by atoms with E-state index in [1.54, 1.807) is 0 Å². The van der Waals surface area contributed by atoms with Gasteiger partial charge in [0.15, 0.2) is 0 Å². The summed E-state index contributed by atoms with van der Waals surface area (Å²) in [5, 5.41) is 7.41. The molecular formula is C26H34F14O4Sn. The molecule has 3 saturated carbocycles. The molecule has 0 spiro atoms. The molecule has 1 N–H and O–H groups in total. The van der Waals surface area contributed by atoms with Crippen molar-refractivity contribution < 1.29 is 79.2 Å². The Kier molecular flexibility index (Phi) is 12.9. The van der Waals surface area contributed by atoms with Crippen LogP contribution in [0.2, 0.25) is 11.8 Å². The van der Waals surface area contributed by atoms with Crippen molar-refractivity contribution in [1.82, 2.24) is 0 Å². The number of carboxylic acid groups (broad SMARTS) is 1. The molecule has 0 aromatic heterocycles. The first-order chi connectivity index (χ1) is 20.4. The molecule has 0 heterocycles. The second kappa shape index (κ2) is 14.5. The summed E-state index contributed by atoms with van der Waals surface area (Å²) in [5.41, 5.74) is 0. The fourth-order valence-electron chi connectivity index (χ4n) is 6.75.